The van der Waals surface area contributed by atoms with Gasteiger partial charge in [-0.25, -0.2) is 4.79 Å². The zero-order valence-electron chi connectivity index (χ0n) is 16.9. The van der Waals surface area contributed by atoms with Crippen molar-refractivity contribution in [2.45, 2.75) is 51.0 Å². The van der Waals surface area contributed by atoms with Gasteiger partial charge in [0.25, 0.3) is 0 Å². The van der Waals surface area contributed by atoms with E-state index in [1.54, 1.807) is 30.9 Å². The average Bonchev–Trinajstić information content (AvgIpc) is 2.76. The molecule has 0 aromatic carbocycles. The van der Waals surface area contributed by atoms with Crippen molar-refractivity contribution in [3.05, 3.63) is 60.2 Å². The van der Waals surface area contributed by atoms with Crippen LogP contribution in [0, 0.1) is 0 Å². The van der Waals surface area contributed by atoms with Crippen LogP contribution < -0.4 is 10.6 Å². The van der Waals surface area contributed by atoms with E-state index < -0.39 is 12.0 Å². The molecule has 1 atom stereocenters. The molecule has 0 aliphatic heterocycles. The number of rotatable bonds is 13. The molecule has 8 nitrogen and oxygen atoms in total. The lowest BCUT2D eigenvalue weighted by Crippen LogP contribution is -2.41. The Bertz CT molecular complexity index is 799. The minimum absolute atomic E-state index is 0.0441. The van der Waals surface area contributed by atoms with Crippen molar-refractivity contribution >= 4 is 17.8 Å². The standard InChI is InChI=1S/C22H28N4O4/c27-20(10-8-17-5-3-12-23-15-17)25-14-2-1-7-19(22(29)30)26-21(28)11-9-18-6-4-13-24-16-18/h3-6,12-13,15-16,19H,1-2,7-11,14H2,(H,25,27)(H,26,28)(H,29,30)/t19-/m0/s1. The van der Waals surface area contributed by atoms with Crippen molar-refractivity contribution in [1.29, 1.82) is 0 Å². The molecule has 2 amide bonds. The van der Waals surface area contributed by atoms with Crippen LogP contribution in [0.15, 0.2) is 49.1 Å². The van der Waals surface area contributed by atoms with E-state index in [1.807, 2.05) is 18.2 Å². The van der Waals surface area contributed by atoms with E-state index in [0.29, 0.717) is 45.1 Å². The lowest BCUT2D eigenvalue weighted by molar-refractivity contribution is -0.142. The predicted octanol–water partition coefficient (Wildman–Crippen LogP) is 1.90. The third-order valence-electron chi connectivity index (χ3n) is 4.60. The predicted molar refractivity (Wildman–Crippen MR) is 112 cm³/mol. The van der Waals surface area contributed by atoms with Gasteiger partial charge in [-0.3, -0.25) is 19.6 Å². The molecule has 3 N–H and O–H groups in total. The highest BCUT2D eigenvalue weighted by atomic mass is 16.4. The number of aryl methyl sites for hydroxylation is 2. The number of hydrogen-bond acceptors (Lipinski definition) is 5. The molecule has 0 unspecified atom stereocenters. The van der Waals surface area contributed by atoms with E-state index in [1.165, 1.54) is 0 Å². The Kier molecular flexibility index (Phi) is 9.99. The second-order valence-corrected chi connectivity index (χ2v) is 7.03. The molecule has 8 heteroatoms. The number of aromatic nitrogens is 2. The third-order valence-corrected chi connectivity index (χ3v) is 4.60. The lowest BCUT2D eigenvalue weighted by Gasteiger charge is -2.14. The van der Waals surface area contributed by atoms with Crippen molar-refractivity contribution in [3.8, 4) is 0 Å². The van der Waals surface area contributed by atoms with Crippen molar-refractivity contribution in [2.24, 2.45) is 0 Å². The summed E-state index contributed by atoms with van der Waals surface area (Å²) in [6.07, 6.45) is 10.1. The first kappa shape index (κ1) is 23.0. The van der Waals surface area contributed by atoms with Crippen LogP contribution in [0.3, 0.4) is 0 Å². The molecule has 30 heavy (non-hydrogen) atoms. The van der Waals surface area contributed by atoms with E-state index >= 15 is 0 Å². The number of carboxylic acid groups (broad SMARTS) is 1. The molecule has 0 fully saturated rings. The normalized spacial score (nSPS) is 11.5. The van der Waals surface area contributed by atoms with Gasteiger partial charge in [-0.1, -0.05) is 12.1 Å². The first-order chi connectivity index (χ1) is 14.5. The summed E-state index contributed by atoms with van der Waals surface area (Å²) in [4.78, 5) is 43.3. The Morgan fingerprint density at radius 3 is 2.03 bits per heavy atom. The Morgan fingerprint density at radius 1 is 0.900 bits per heavy atom. The number of carboxylic acids is 1. The van der Waals surface area contributed by atoms with Crippen LogP contribution in [0.25, 0.3) is 0 Å². The summed E-state index contributed by atoms with van der Waals surface area (Å²) in [5.74, 6) is -1.39. The number of nitrogens with zero attached hydrogens (tertiary/aromatic N) is 2. The fourth-order valence-electron chi connectivity index (χ4n) is 2.92. The maximum atomic E-state index is 12.0. The zero-order chi connectivity index (χ0) is 21.6. The molecule has 2 rings (SSSR count). The van der Waals surface area contributed by atoms with Gasteiger partial charge in [0.1, 0.15) is 6.04 Å². The van der Waals surface area contributed by atoms with Gasteiger partial charge in [0.05, 0.1) is 0 Å². The Labute approximate surface area is 176 Å². The van der Waals surface area contributed by atoms with Crippen LogP contribution in [-0.2, 0) is 27.2 Å². The highest BCUT2D eigenvalue weighted by Gasteiger charge is 2.19. The SMILES string of the molecule is O=C(CCc1cccnc1)NCCCC[C@H](NC(=O)CCc1cccnc1)C(=O)O. The van der Waals surface area contributed by atoms with E-state index in [9.17, 15) is 19.5 Å². The molecule has 2 aromatic rings. The average molecular weight is 412 g/mol. The van der Waals surface area contributed by atoms with Crippen LogP contribution >= 0.6 is 0 Å². The molecule has 0 aliphatic rings. The second-order valence-electron chi connectivity index (χ2n) is 7.03. The van der Waals surface area contributed by atoms with Gasteiger partial charge in [0.15, 0.2) is 0 Å². The van der Waals surface area contributed by atoms with Gasteiger partial charge < -0.3 is 15.7 Å². The van der Waals surface area contributed by atoms with Gasteiger partial charge in [-0.2, -0.15) is 0 Å². The lowest BCUT2D eigenvalue weighted by atomic mass is 10.1. The second kappa shape index (κ2) is 13.0. The number of carbonyl (C=O) groups is 3. The number of carbonyl (C=O) groups excluding carboxylic acids is 2. The largest absolute Gasteiger partial charge is 0.480 e. The van der Waals surface area contributed by atoms with Crippen LogP contribution in [0.5, 0.6) is 0 Å². The Morgan fingerprint density at radius 2 is 1.50 bits per heavy atom. The highest BCUT2D eigenvalue weighted by molar-refractivity contribution is 5.83. The first-order valence-corrected chi connectivity index (χ1v) is 10.1. The van der Waals surface area contributed by atoms with Crippen LogP contribution in [0.2, 0.25) is 0 Å². The van der Waals surface area contributed by atoms with Crippen molar-refractivity contribution in [1.82, 2.24) is 20.6 Å². The summed E-state index contributed by atoms with van der Waals surface area (Å²) in [6.45, 7) is 0.479. The minimum atomic E-state index is -1.05. The smallest absolute Gasteiger partial charge is 0.326 e. The number of aliphatic carboxylic acids is 1. The highest BCUT2D eigenvalue weighted by Crippen LogP contribution is 2.05. The Hall–Kier alpha value is -3.29. The summed E-state index contributed by atoms with van der Waals surface area (Å²) >= 11 is 0. The minimum Gasteiger partial charge on any atom is -0.480 e. The first-order valence-electron chi connectivity index (χ1n) is 10.1. The molecule has 0 saturated heterocycles. The van der Waals surface area contributed by atoms with Crippen molar-refractivity contribution in [3.63, 3.8) is 0 Å². The fraction of sp³-hybridized carbons (Fsp3) is 0.409. The molecular weight excluding hydrogens is 384 g/mol. The maximum absolute atomic E-state index is 12.0. The quantitative estimate of drug-likeness (QED) is 0.432. The van der Waals surface area contributed by atoms with E-state index in [-0.39, 0.29) is 18.2 Å². The molecule has 0 aliphatic carbocycles. The van der Waals surface area contributed by atoms with Gasteiger partial charge in [-0.15, -0.1) is 0 Å². The number of nitrogens with one attached hydrogen (secondary N) is 2. The van der Waals surface area contributed by atoms with E-state index in [4.69, 9.17) is 0 Å². The van der Waals surface area contributed by atoms with Crippen LogP contribution in [-0.4, -0.2) is 45.4 Å². The van der Waals surface area contributed by atoms with Gasteiger partial charge in [0, 0.05) is 44.2 Å². The summed E-state index contributed by atoms with van der Waals surface area (Å²) in [7, 11) is 0. The zero-order valence-corrected chi connectivity index (χ0v) is 16.9. The monoisotopic (exact) mass is 412 g/mol. The number of unbranched alkanes of at least 4 members (excludes halogenated alkanes) is 1. The third kappa shape index (κ3) is 9.27. The number of pyridine rings is 2. The molecule has 0 saturated carbocycles. The topological polar surface area (TPSA) is 121 Å². The summed E-state index contributed by atoms with van der Waals surface area (Å²) in [5.41, 5.74) is 1.94. The summed E-state index contributed by atoms with van der Waals surface area (Å²) in [5, 5.41) is 14.7. The molecule has 2 aromatic heterocycles. The van der Waals surface area contributed by atoms with Crippen molar-refractivity contribution < 1.29 is 19.5 Å². The molecule has 0 spiro atoms. The molecule has 160 valence electrons. The number of hydrogen-bond donors (Lipinski definition) is 3. The van der Waals surface area contributed by atoms with Gasteiger partial charge >= 0.3 is 5.97 Å². The number of amides is 2. The molecule has 0 radical (unpaired) electrons. The molecule has 0 bridgehead atoms. The van der Waals surface area contributed by atoms with Gasteiger partial charge in [-0.05, 0) is 55.4 Å². The maximum Gasteiger partial charge on any atom is 0.326 e. The fourth-order valence-corrected chi connectivity index (χ4v) is 2.92. The van der Waals surface area contributed by atoms with E-state index in [2.05, 4.69) is 20.6 Å². The Balaban J connectivity index is 1.59. The summed E-state index contributed by atoms with van der Waals surface area (Å²) in [6, 6.07) is 6.51. The molecule has 2 heterocycles. The molecular formula is C22H28N4O4. The van der Waals surface area contributed by atoms with Crippen LogP contribution in [0.1, 0.15) is 43.2 Å². The summed E-state index contributed by atoms with van der Waals surface area (Å²) < 4.78 is 0. The van der Waals surface area contributed by atoms with Gasteiger partial charge in [0.2, 0.25) is 11.8 Å². The van der Waals surface area contributed by atoms with Crippen LogP contribution in [0.4, 0.5) is 0 Å². The van der Waals surface area contributed by atoms with Crippen molar-refractivity contribution in [2.75, 3.05) is 6.54 Å². The van der Waals surface area contributed by atoms with E-state index in [0.717, 1.165) is 11.1 Å².